The number of halogens is 2. The monoisotopic (exact) mass is 635 g/mol. The van der Waals surface area contributed by atoms with Gasteiger partial charge in [0.2, 0.25) is 5.76 Å². The lowest BCUT2D eigenvalue weighted by Crippen LogP contribution is -2.18. The van der Waals surface area contributed by atoms with Crippen molar-refractivity contribution >= 4 is 78.6 Å². The van der Waals surface area contributed by atoms with Crippen molar-refractivity contribution in [3.63, 3.8) is 0 Å². The molecule has 0 aliphatic heterocycles. The third-order valence-corrected chi connectivity index (χ3v) is 7.81. The number of amides is 2. The van der Waals surface area contributed by atoms with Gasteiger partial charge in [-0.2, -0.15) is 5.10 Å². The largest absolute Gasteiger partial charge is 0.457 e. The molecule has 11 heteroatoms. The van der Waals surface area contributed by atoms with Crippen LogP contribution >= 0.6 is 38.9 Å². The molecule has 0 spiro atoms. The highest BCUT2D eigenvalue weighted by atomic mass is 79.9. The van der Waals surface area contributed by atoms with Crippen LogP contribution in [0.4, 0.5) is 5.69 Å². The number of thiophene rings is 1. The number of rotatable bonds is 7. The molecule has 5 aromatic rings. The van der Waals surface area contributed by atoms with Crippen LogP contribution < -0.4 is 15.5 Å². The maximum absolute atomic E-state index is 12.8. The first-order valence-corrected chi connectivity index (χ1v) is 13.8. The smallest absolute Gasteiger partial charge is 0.379 e. The van der Waals surface area contributed by atoms with Crippen LogP contribution in [0.1, 0.15) is 41.7 Å². The van der Waals surface area contributed by atoms with E-state index in [1.54, 1.807) is 48.5 Å². The summed E-state index contributed by atoms with van der Waals surface area (Å²) in [6.45, 7) is 1.98. The Morgan fingerprint density at radius 3 is 2.58 bits per heavy atom. The highest BCUT2D eigenvalue weighted by molar-refractivity contribution is 9.10. The molecule has 0 bridgehead atoms. The van der Waals surface area contributed by atoms with Crippen molar-refractivity contribution in [1.82, 2.24) is 5.43 Å². The molecule has 0 saturated carbocycles. The van der Waals surface area contributed by atoms with Crippen LogP contribution in [0.25, 0.3) is 10.1 Å². The van der Waals surface area contributed by atoms with Crippen LogP contribution in [-0.4, -0.2) is 24.0 Å². The fraction of sp³-hybridized carbons (Fsp3) is 0.0345. The predicted octanol–water partition coefficient (Wildman–Crippen LogP) is 7.45. The van der Waals surface area contributed by atoms with Crippen LogP contribution in [0.3, 0.4) is 0 Å². The van der Waals surface area contributed by atoms with Gasteiger partial charge in [0.1, 0.15) is 10.6 Å². The Labute approximate surface area is 245 Å². The Morgan fingerprint density at radius 2 is 1.82 bits per heavy atom. The molecular weight excluding hydrogens is 618 g/mol. The standard InChI is InChI=1S/C29H19BrClN3O5S/c1-16-4-10-21-24(13-16)40-26(25(21)31)28(36)33-20-8-5-17(6-9-20)27(35)34-32-15-18-14-19(30)7-11-22(18)39-29(37)23-3-2-12-38-23/h2-15H,1H3,(H,33,36)(H,34,35)/b32-15-. The topological polar surface area (TPSA) is 110 Å². The average Bonchev–Trinajstić information content (AvgIpc) is 3.59. The number of fused-ring (bicyclic) bond motifs is 1. The number of anilines is 1. The van der Waals surface area contributed by atoms with Crippen LogP contribution in [-0.2, 0) is 0 Å². The Kier molecular flexibility index (Phi) is 8.11. The lowest BCUT2D eigenvalue weighted by Gasteiger charge is -2.07. The van der Waals surface area contributed by atoms with Crippen molar-refractivity contribution in [2.75, 3.05) is 5.32 Å². The molecule has 0 radical (unpaired) electrons. The van der Waals surface area contributed by atoms with Gasteiger partial charge >= 0.3 is 5.97 Å². The lowest BCUT2D eigenvalue weighted by atomic mass is 10.2. The van der Waals surface area contributed by atoms with E-state index in [0.717, 1.165) is 20.1 Å². The molecule has 0 saturated heterocycles. The van der Waals surface area contributed by atoms with Gasteiger partial charge in [0.05, 0.1) is 17.5 Å². The molecule has 2 aromatic heterocycles. The summed E-state index contributed by atoms with van der Waals surface area (Å²) in [4.78, 5) is 38.1. The van der Waals surface area contributed by atoms with Crippen molar-refractivity contribution in [2.24, 2.45) is 5.10 Å². The van der Waals surface area contributed by atoms with E-state index in [0.29, 0.717) is 26.7 Å². The number of carbonyl (C=O) groups is 3. The molecule has 200 valence electrons. The number of aryl methyl sites for hydroxylation is 1. The zero-order valence-corrected chi connectivity index (χ0v) is 23.9. The second-order valence-corrected chi connectivity index (χ2v) is 10.9. The number of furan rings is 1. The van der Waals surface area contributed by atoms with Gasteiger partial charge < -0.3 is 14.5 Å². The second kappa shape index (κ2) is 11.9. The van der Waals surface area contributed by atoms with Crippen molar-refractivity contribution in [3.05, 3.63) is 116 Å². The van der Waals surface area contributed by atoms with Gasteiger partial charge in [0.15, 0.2) is 0 Å². The molecule has 2 heterocycles. The van der Waals surface area contributed by atoms with Gasteiger partial charge in [-0.1, -0.05) is 39.7 Å². The highest BCUT2D eigenvalue weighted by Crippen LogP contribution is 2.36. The highest BCUT2D eigenvalue weighted by Gasteiger charge is 2.18. The van der Waals surface area contributed by atoms with E-state index in [-0.39, 0.29) is 17.4 Å². The molecule has 0 atom stereocenters. The summed E-state index contributed by atoms with van der Waals surface area (Å²) in [5, 5.41) is 8.06. The first kappa shape index (κ1) is 27.3. The van der Waals surface area contributed by atoms with Gasteiger partial charge in [0, 0.05) is 31.4 Å². The Hall–Kier alpha value is -4.25. The predicted molar refractivity (Wildman–Crippen MR) is 159 cm³/mol. The van der Waals surface area contributed by atoms with E-state index in [4.69, 9.17) is 20.8 Å². The van der Waals surface area contributed by atoms with Crippen molar-refractivity contribution < 1.29 is 23.5 Å². The minimum absolute atomic E-state index is 0.0562. The number of nitrogens with zero attached hydrogens (tertiary/aromatic N) is 1. The van der Waals surface area contributed by atoms with Crippen LogP contribution in [0.2, 0.25) is 5.02 Å². The summed E-state index contributed by atoms with van der Waals surface area (Å²) >= 11 is 11.1. The molecule has 8 nitrogen and oxygen atoms in total. The van der Waals surface area contributed by atoms with E-state index in [9.17, 15) is 14.4 Å². The molecule has 2 N–H and O–H groups in total. The molecule has 2 amide bonds. The number of nitrogens with one attached hydrogen (secondary N) is 2. The van der Waals surface area contributed by atoms with Crippen LogP contribution in [0.15, 0.2) is 93.1 Å². The average molecular weight is 637 g/mol. The fourth-order valence-corrected chi connectivity index (χ4v) is 5.58. The Morgan fingerprint density at radius 1 is 1.02 bits per heavy atom. The molecule has 0 aliphatic carbocycles. The summed E-state index contributed by atoms with van der Waals surface area (Å²) in [7, 11) is 0. The summed E-state index contributed by atoms with van der Waals surface area (Å²) in [6, 6.07) is 20.2. The SMILES string of the molecule is Cc1ccc2c(Cl)c(C(=O)Nc3ccc(C(=O)N/N=C\c4cc(Br)ccc4OC(=O)c4ccco4)cc3)sc2c1. The summed E-state index contributed by atoms with van der Waals surface area (Å²) < 4.78 is 12.1. The Bertz CT molecular complexity index is 1760. The molecule has 0 aliphatic rings. The minimum Gasteiger partial charge on any atom is -0.457 e. The molecule has 3 aromatic carbocycles. The summed E-state index contributed by atoms with van der Waals surface area (Å²) in [5.41, 5.74) is 4.80. The summed E-state index contributed by atoms with van der Waals surface area (Å²) in [5.74, 6) is -1.18. The number of hydrazone groups is 1. The van der Waals surface area contributed by atoms with Crippen molar-refractivity contribution in [2.45, 2.75) is 6.92 Å². The van der Waals surface area contributed by atoms with Gasteiger partial charge in [-0.05, 0) is 73.2 Å². The third-order valence-electron chi connectivity index (χ3n) is 5.66. The zero-order valence-electron chi connectivity index (χ0n) is 20.7. The van der Waals surface area contributed by atoms with E-state index in [1.165, 1.54) is 29.9 Å². The van der Waals surface area contributed by atoms with Gasteiger partial charge in [-0.25, -0.2) is 10.2 Å². The zero-order chi connectivity index (χ0) is 28.2. The minimum atomic E-state index is -0.664. The molecule has 0 unspecified atom stereocenters. The van der Waals surface area contributed by atoms with Crippen molar-refractivity contribution in [1.29, 1.82) is 0 Å². The van der Waals surface area contributed by atoms with E-state index >= 15 is 0 Å². The van der Waals surface area contributed by atoms with Gasteiger partial charge in [0.25, 0.3) is 11.8 Å². The first-order chi connectivity index (χ1) is 19.3. The number of esters is 1. The number of benzene rings is 3. The molecule has 0 fully saturated rings. The van der Waals surface area contributed by atoms with E-state index in [2.05, 4.69) is 31.8 Å². The number of hydrogen-bond acceptors (Lipinski definition) is 7. The second-order valence-electron chi connectivity index (χ2n) is 8.52. The molecular formula is C29H19BrClN3O5S. The maximum Gasteiger partial charge on any atom is 0.379 e. The molecule has 40 heavy (non-hydrogen) atoms. The maximum atomic E-state index is 12.8. The van der Waals surface area contributed by atoms with Crippen LogP contribution in [0.5, 0.6) is 5.75 Å². The third kappa shape index (κ3) is 6.15. The fourth-order valence-electron chi connectivity index (χ4n) is 3.69. The quantitative estimate of drug-likeness (QED) is 0.0834. The van der Waals surface area contributed by atoms with E-state index < -0.39 is 11.9 Å². The Balaban J connectivity index is 1.22. The lowest BCUT2D eigenvalue weighted by molar-refractivity contribution is 0.0700. The van der Waals surface area contributed by atoms with Gasteiger partial charge in [-0.3, -0.25) is 9.59 Å². The first-order valence-electron chi connectivity index (χ1n) is 11.8. The van der Waals surface area contributed by atoms with Crippen molar-refractivity contribution in [3.8, 4) is 5.75 Å². The van der Waals surface area contributed by atoms with Gasteiger partial charge in [-0.15, -0.1) is 11.3 Å². The molecule has 5 rings (SSSR count). The van der Waals surface area contributed by atoms with E-state index in [1.807, 2.05) is 25.1 Å². The summed E-state index contributed by atoms with van der Waals surface area (Å²) in [6.07, 6.45) is 2.73. The normalized spacial score (nSPS) is 11.1. The number of hydrogen-bond donors (Lipinski definition) is 2. The number of carbonyl (C=O) groups excluding carboxylic acids is 3. The van der Waals surface area contributed by atoms with Crippen LogP contribution in [0, 0.1) is 6.92 Å². The number of ether oxygens (including phenoxy) is 1.